The van der Waals surface area contributed by atoms with Gasteiger partial charge in [-0.2, -0.15) is 0 Å². The predicted octanol–water partition coefficient (Wildman–Crippen LogP) is 1.35. The zero-order chi connectivity index (χ0) is 11.5. The molecule has 4 nitrogen and oxygen atoms in total. The van der Waals surface area contributed by atoms with E-state index in [1.165, 1.54) is 0 Å². The summed E-state index contributed by atoms with van der Waals surface area (Å²) in [4.78, 5) is 10.9. The molecule has 0 aliphatic heterocycles. The average Bonchev–Trinajstić information content (AvgIpc) is 2.21. The standard InChI is InChI=1S/C11H24N2O2/c1-2-3-6-9-13-10(11(14)15)7-4-5-8-12/h10,13H,2-9,12H2,1H3,(H,14,15). The Kier molecular flexibility index (Phi) is 9.52. The lowest BCUT2D eigenvalue weighted by molar-refractivity contribution is -0.139. The van der Waals surface area contributed by atoms with E-state index in [-0.39, 0.29) is 0 Å². The maximum Gasteiger partial charge on any atom is 0.320 e. The first-order chi connectivity index (χ1) is 7.22. The summed E-state index contributed by atoms with van der Waals surface area (Å²) in [5.41, 5.74) is 5.36. The molecule has 0 amide bonds. The first-order valence-corrected chi connectivity index (χ1v) is 5.88. The monoisotopic (exact) mass is 216 g/mol. The molecular formula is C11H24N2O2. The van der Waals surface area contributed by atoms with Crippen LogP contribution in [0.3, 0.4) is 0 Å². The number of nitrogens with one attached hydrogen (secondary N) is 1. The lowest BCUT2D eigenvalue weighted by Gasteiger charge is -2.13. The first-order valence-electron chi connectivity index (χ1n) is 5.88. The highest BCUT2D eigenvalue weighted by Crippen LogP contribution is 2.01. The zero-order valence-electron chi connectivity index (χ0n) is 9.67. The van der Waals surface area contributed by atoms with E-state index in [0.29, 0.717) is 13.0 Å². The minimum absolute atomic E-state index is 0.395. The predicted molar refractivity (Wildman–Crippen MR) is 61.9 cm³/mol. The molecule has 1 unspecified atom stereocenters. The van der Waals surface area contributed by atoms with Crippen LogP contribution < -0.4 is 11.1 Å². The number of aliphatic carboxylic acids is 1. The van der Waals surface area contributed by atoms with Crippen LogP contribution in [0, 0.1) is 0 Å². The Morgan fingerprint density at radius 1 is 1.33 bits per heavy atom. The molecule has 0 aliphatic carbocycles. The number of rotatable bonds is 10. The maximum atomic E-state index is 10.9. The second-order valence-corrected chi connectivity index (χ2v) is 3.84. The van der Waals surface area contributed by atoms with Gasteiger partial charge in [0.25, 0.3) is 0 Å². The number of carboxylic acids is 1. The summed E-state index contributed by atoms with van der Waals surface area (Å²) >= 11 is 0. The minimum atomic E-state index is -0.747. The van der Waals surface area contributed by atoms with E-state index in [1.807, 2.05) is 0 Å². The topological polar surface area (TPSA) is 75.3 Å². The summed E-state index contributed by atoms with van der Waals surface area (Å²) in [6, 6.07) is -0.395. The van der Waals surface area contributed by atoms with Crippen molar-refractivity contribution in [3.8, 4) is 0 Å². The van der Waals surface area contributed by atoms with Crippen LogP contribution in [0.1, 0.15) is 45.4 Å². The summed E-state index contributed by atoms with van der Waals surface area (Å²) in [6.45, 7) is 3.57. The molecule has 0 rings (SSSR count). The average molecular weight is 216 g/mol. The Morgan fingerprint density at radius 2 is 2.07 bits per heavy atom. The van der Waals surface area contributed by atoms with Crippen molar-refractivity contribution in [3.63, 3.8) is 0 Å². The number of carbonyl (C=O) groups is 1. The minimum Gasteiger partial charge on any atom is -0.480 e. The van der Waals surface area contributed by atoms with Crippen LogP contribution >= 0.6 is 0 Å². The van der Waals surface area contributed by atoms with Gasteiger partial charge < -0.3 is 16.2 Å². The molecule has 0 radical (unpaired) electrons. The molecule has 15 heavy (non-hydrogen) atoms. The van der Waals surface area contributed by atoms with E-state index in [0.717, 1.165) is 38.6 Å². The van der Waals surface area contributed by atoms with Crippen LogP contribution in [-0.2, 0) is 4.79 Å². The van der Waals surface area contributed by atoms with Crippen LogP contribution in [0.5, 0.6) is 0 Å². The number of hydrogen-bond donors (Lipinski definition) is 3. The molecule has 0 aromatic carbocycles. The van der Waals surface area contributed by atoms with E-state index < -0.39 is 12.0 Å². The van der Waals surface area contributed by atoms with Gasteiger partial charge in [-0.25, -0.2) is 0 Å². The Balaban J connectivity index is 3.59. The Labute approximate surface area is 92.2 Å². The van der Waals surface area contributed by atoms with Crippen molar-refractivity contribution in [2.75, 3.05) is 13.1 Å². The SMILES string of the molecule is CCCCCNC(CCCCN)C(=O)O. The quantitative estimate of drug-likeness (QED) is 0.482. The molecule has 1 atom stereocenters. The second-order valence-electron chi connectivity index (χ2n) is 3.84. The molecule has 90 valence electrons. The van der Waals surface area contributed by atoms with E-state index in [2.05, 4.69) is 12.2 Å². The van der Waals surface area contributed by atoms with Crippen molar-refractivity contribution >= 4 is 5.97 Å². The van der Waals surface area contributed by atoms with Crippen molar-refractivity contribution in [1.82, 2.24) is 5.32 Å². The third kappa shape index (κ3) is 8.39. The zero-order valence-corrected chi connectivity index (χ0v) is 9.67. The van der Waals surface area contributed by atoms with Crippen LogP contribution in [0.2, 0.25) is 0 Å². The number of nitrogens with two attached hydrogens (primary N) is 1. The van der Waals surface area contributed by atoms with Gasteiger partial charge in [-0.05, 0) is 32.4 Å². The summed E-state index contributed by atoms with van der Waals surface area (Å²) in [6.07, 6.45) is 5.83. The molecular weight excluding hydrogens is 192 g/mol. The number of hydrogen-bond acceptors (Lipinski definition) is 3. The summed E-state index contributed by atoms with van der Waals surface area (Å²) < 4.78 is 0. The third-order valence-electron chi connectivity index (χ3n) is 2.42. The fraction of sp³-hybridized carbons (Fsp3) is 0.909. The van der Waals surface area contributed by atoms with Crippen molar-refractivity contribution in [2.45, 2.75) is 51.5 Å². The molecule has 4 heteroatoms. The molecule has 0 saturated heterocycles. The number of carboxylic acid groups (broad SMARTS) is 1. The molecule has 0 fully saturated rings. The lowest BCUT2D eigenvalue weighted by atomic mass is 10.1. The maximum absolute atomic E-state index is 10.9. The molecule has 0 saturated carbocycles. The van der Waals surface area contributed by atoms with Crippen molar-refractivity contribution in [2.24, 2.45) is 5.73 Å². The highest BCUT2D eigenvalue weighted by atomic mass is 16.4. The van der Waals surface area contributed by atoms with Gasteiger partial charge >= 0.3 is 5.97 Å². The highest BCUT2D eigenvalue weighted by Gasteiger charge is 2.14. The van der Waals surface area contributed by atoms with Crippen molar-refractivity contribution < 1.29 is 9.90 Å². The van der Waals surface area contributed by atoms with Gasteiger partial charge in [0.15, 0.2) is 0 Å². The molecule has 4 N–H and O–H groups in total. The fourth-order valence-electron chi connectivity index (χ4n) is 1.46. The van der Waals surface area contributed by atoms with Gasteiger partial charge in [-0.3, -0.25) is 4.79 Å². The van der Waals surface area contributed by atoms with Crippen molar-refractivity contribution in [1.29, 1.82) is 0 Å². The van der Waals surface area contributed by atoms with Crippen LogP contribution in [-0.4, -0.2) is 30.2 Å². The van der Waals surface area contributed by atoms with E-state index in [9.17, 15) is 4.79 Å². The Bertz CT molecular complexity index is 163. The molecule has 0 heterocycles. The van der Waals surface area contributed by atoms with Gasteiger partial charge in [-0.1, -0.05) is 26.2 Å². The van der Waals surface area contributed by atoms with Crippen LogP contribution in [0.4, 0.5) is 0 Å². The Morgan fingerprint density at radius 3 is 2.60 bits per heavy atom. The molecule has 0 aromatic heterocycles. The second kappa shape index (κ2) is 9.93. The first kappa shape index (κ1) is 14.4. The number of unbranched alkanes of at least 4 members (excludes halogenated alkanes) is 3. The molecule has 0 spiro atoms. The van der Waals surface area contributed by atoms with Crippen LogP contribution in [0.25, 0.3) is 0 Å². The van der Waals surface area contributed by atoms with Gasteiger partial charge in [0.2, 0.25) is 0 Å². The Hall–Kier alpha value is -0.610. The lowest BCUT2D eigenvalue weighted by Crippen LogP contribution is -2.37. The van der Waals surface area contributed by atoms with E-state index >= 15 is 0 Å². The van der Waals surface area contributed by atoms with E-state index in [4.69, 9.17) is 10.8 Å². The highest BCUT2D eigenvalue weighted by molar-refractivity contribution is 5.73. The van der Waals surface area contributed by atoms with Gasteiger partial charge in [-0.15, -0.1) is 0 Å². The normalized spacial score (nSPS) is 12.7. The third-order valence-corrected chi connectivity index (χ3v) is 2.42. The molecule has 0 aromatic rings. The van der Waals surface area contributed by atoms with Gasteiger partial charge in [0.1, 0.15) is 6.04 Å². The summed E-state index contributed by atoms with van der Waals surface area (Å²) in [5, 5.41) is 12.0. The molecule has 0 bridgehead atoms. The van der Waals surface area contributed by atoms with Gasteiger partial charge in [0.05, 0.1) is 0 Å². The largest absolute Gasteiger partial charge is 0.480 e. The van der Waals surface area contributed by atoms with Crippen molar-refractivity contribution in [3.05, 3.63) is 0 Å². The van der Waals surface area contributed by atoms with Gasteiger partial charge in [0, 0.05) is 0 Å². The fourth-order valence-corrected chi connectivity index (χ4v) is 1.46. The summed E-state index contributed by atoms with van der Waals surface area (Å²) in [5.74, 6) is -0.747. The molecule has 0 aliphatic rings. The smallest absolute Gasteiger partial charge is 0.320 e. The van der Waals surface area contributed by atoms with Crippen LogP contribution in [0.15, 0.2) is 0 Å². The summed E-state index contributed by atoms with van der Waals surface area (Å²) in [7, 11) is 0. The van der Waals surface area contributed by atoms with E-state index in [1.54, 1.807) is 0 Å².